The summed E-state index contributed by atoms with van der Waals surface area (Å²) in [6.07, 6.45) is 1.64. The lowest BCUT2D eigenvalue weighted by Crippen LogP contribution is -2.46. The second-order valence-electron chi connectivity index (χ2n) is 6.13. The van der Waals surface area contributed by atoms with E-state index in [9.17, 15) is 27.3 Å². The lowest BCUT2D eigenvalue weighted by atomic mass is 10.2. The van der Waals surface area contributed by atoms with Crippen molar-refractivity contribution in [2.24, 2.45) is 0 Å². The van der Waals surface area contributed by atoms with Crippen LogP contribution in [0.1, 0.15) is 0 Å². The standard InChI is InChI=1S/C16H17F2N5O4S/c17-16(18)28(26,27)12-2-3-13(14(9-12)23(24)25)22-7-5-21(6-8-22)11-1-4-15(19)20-10-11/h1-4,9-10,16H,5-8H2,(H2,19,20). The average molecular weight is 413 g/mol. The summed E-state index contributed by atoms with van der Waals surface area (Å²) in [5.41, 5.74) is 6.10. The number of pyridine rings is 1. The number of aromatic nitrogens is 1. The first-order chi connectivity index (χ1) is 13.2. The van der Waals surface area contributed by atoms with Crippen LogP contribution in [0.4, 0.5) is 31.7 Å². The average Bonchev–Trinajstić information content (AvgIpc) is 2.68. The van der Waals surface area contributed by atoms with Crippen LogP contribution in [0.2, 0.25) is 0 Å². The topological polar surface area (TPSA) is 123 Å². The largest absolute Gasteiger partial charge is 0.384 e. The third-order valence-corrected chi connectivity index (χ3v) is 5.84. The van der Waals surface area contributed by atoms with Crippen LogP contribution in [0.15, 0.2) is 41.4 Å². The Kier molecular flexibility index (Phi) is 5.31. The molecule has 0 radical (unpaired) electrons. The number of hydrogen-bond donors (Lipinski definition) is 1. The van der Waals surface area contributed by atoms with Crippen molar-refractivity contribution >= 4 is 32.7 Å². The van der Waals surface area contributed by atoms with E-state index in [1.54, 1.807) is 17.2 Å². The Morgan fingerprint density at radius 3 is 2.29 bits per heavy atom. The van der Waals surface area contributed by atoms with E-state index in [4.69, 9.17) is 5.73 Å². The number of piperazine rings is 1. The maximum Gasteiger partial charge on any atom is 0.341 e. The molecular weight excluding hydrogens is 396 g/mol. The van der Waals surface area contributed by atoms with E-state index in [0.29, 0.717) is 38.1 Å². The fraction of sp³-hybridized carbons (Fsp3) is 0.312. The monoisotopic (exact) mass is 413 g/mol. The summed E-state index contributed by atoms with van der Waals surface area (Å²) in [6.45, 7) is 1.93. The number of halogens is 2. The smallest absolute Gasteiger partial charge is 0.341 e. The summed E-state index contributed by atoms with van der Waals surface area (Å²) in [5, 5.41) is 11.4. The van der Waals surface area contributed by atoms with E-state index in [1.165, 1.54) is 6.07 Å². The Balaban J connectivity index is 1.82. The molecule has 0 bridgehead atoms. The molecule has 2 aromatic rings. The van der Waals surface area contributed by atoms with Crippen LogP contribution in [0, 0.1) is 10.1 Å². The van der Waals surface area contributed by atoms with E-state index in [-0.39, 0.29) is 5.69 Å². The van der Waals surface area contributed by atoms with Gasteiger partial charge in [-0.1, -0.05) is 0 Å². The molecule has 3 rings (SSSR count). The molecule has 150 valence electrons. The van der Waals surface area contributed by atoms with Crippen LogP contribution >= 0.6 is 0 Å². The Morgan fingerprint density at radius 1 is 1.11 bits per heavy atom. The third-order valence-electron chi connectivity index (χ3n) is 4.46. The number of nitro benzene ring substituents is 1. The first-order valence-electron chi connectivity index (χ1n) is 8.22. The summed E-state index contributed by atoms with van der Waals surface area (Å²) >= 11 is 0. The number of benzene rings is 1. The highest BCUT2D eigenvalue weighted by Crippen LogP contribution is 2.33. The van der Waals surface area contributed by atoms with Gasteiger partial charge in [0.2, 0.25) is 9.84 Å². The number of nitrogens with zero attached hydrogens (tertiary/aromatic N) is 4. The Labute approximate surface area is 159 Å². The van der Waals surface area contributed by atoms with Crippen molar-refractivity contribution in [3.8, 4) is 0 Å². The zero-order valence-corrected chi connectivity index (χ0v) is 15.3. The minimum Gasteiger partial charge on any atom is -0.384 e. The lowest BCUT2D eigenvalue weighted by Gasteiger charge is -2.37. The highest BCUT2D eigenvalue weighted by atomic mass is 32.2. The van der Waals surface area contributed by atoms with Crippen molar-refractivity contribution in [2.45, 2.75) is 10.7 Å². The lowest BCUT2D eigenvalue weighted by molar-refractivity contribution is -0.384. The number of nitro groups is 1. The number of hydrogen-bond acceptors (Lipinski definition) is 8. The predicted octanol–water partition coefficient (Wildman–Crippen LogP) is 1.89. The van der Waals surface area contributed by atoms with Crippen LogP contribution < -0.4 is 15.5 Å². The summed E-state index contributed by atoms with van der Waals surface area (Å²) < 4.78 is 48.7. The summed E-state index contributed by atoms with van der Waals surface area (Å²) in [7, 11) is -4.91. The van der Waals surface area contributed by atoms with Crippen molar-refractivity contribution in [3.05, 3.63) is 46.6 Å². The van der Waals surface area contributed by atoms with E-state index < -0.39 is 31.1 Å². The minimum atomic E-state index is -4.91. The van der Waals surface area contributed by atoms with Gasteiger partial charge >= 0.3 is 5.76 Å². The Hall–Kier alpha value is -3.02. The zero-order valence-electron chi connectivity index (χ0n) is 14.5. The van der Waals surface area contributed by atoms with Crippen LogP contribution in [0.3, 0.4) is 0 Å². The molecule has 9 nitrogen and oxygen atoms in total. The molecule has 0 atom stereocenters. The molecule has 2 N–H and O–H groups in total. The zero-order chi connectivity index (χ0) is 20.5. The minimum absolute atomic E-state index is 0.188. The molecule has 28 heavy (non-hydrogen) atoms. The van der Waals surface area contributed by atoms with Crippen molar-refractivity contribution in [3.63, 3.8) is 0 Å². The Bertz CT molecular complexity index is 977. The van der Waals surface area contributed by atoms with Gasteiger partial charge in [0.25, 0.3) is 5.69 Å². The van der Waals surface area contributed by atoms with Crippen LogP contribution in [0.5, 0.6) is 0 Å². The van der Waals surface area contributed by atoms with Gasteiger partial charge < -0.3 is 15.5 Å². The molecule has 1 aliphatic rings. The quantitative estimate of drug-likeness (QED) is 0.582. The summed E-state index contributed by atoms with van der Waals surface area (Å²) in [6, 6.07) is 6.36. The van der Waals surface area contributed by atoms with Crippen molar-refractivity contribution in [2.75, 3.05) is 41.7 Å². The number of sulfone groups is 1. The molecule has 0 unspecified atom stereocenters. The molecule has 0 aliphatic carbocycles. The molecule has 12 heteroatoms. The fourth-order valence-corrected chi connectivity index (χ4v) is 3.73. The second kappa shape index (κ2) is 7.54. The van der Waals surface area contributed by atoms with Crippen LogP contribution in [-0.2, 0) is 9.84 Å². The second-order valence-corrected chi connectivity index (χ2v) is 8.05. The first-order valence-corrected chi connectivity index (χ1v) is 9.76. The SMILES string of the molecule is Nc1ccc(N2CCN(c3ccc(S(=O)(=O)C(F)F)cc3[N+](=O)[O-])CC2)cn1. The van der Waals surface area contributed by atoms with Crippen molar-refractivity contribution < 1.29 is 22.1 Å². The van der Waals surface area contributed by atoms with Gasteiger partial charge in [-0.3, -0.25) is 10.1 Å². The van der Waals surface area contributed by atoms with Gasteiger partial charge in [-0.25, -0.2) is 13.4 Å². The maximum atomic E-state index is 12.7. The first kappa shape index (κ1) is 19.7. The van der Waals surface area contributed by atoms with Crippen LogP contribution in [-0.4, -0.2) is 50.3 Å². The number of rotatable bonds is 5. The molecule has 0 spiro atoms. The fourth-order valence-electron chi connectivity index (χ4n) is 2.99. The number of nitrogen functional groups attached to an aromatic ring is 1. The van der Waals surface area contributed by atoms with E-state index >= 15 is 0 Å². The molecule has 1 aliphatic heterocycles. The van der Waals surface area contributed by atoms with E-state index in [2.05, 4.69) is 4.98 Å². The molecule has 1 fully saturated rings. The van der Waals surface area contributed by atoms with Gasteiger partial charge in [-0.05, 0) is 24.3 Å². The molecule has 1 saturated heterocycles. The van der Waals surface area contributed by atoms with Gasteiger partial charge in [0.1, 0.15) is 11.5 Å². The number of anilines is 3. The molecule has 0 amide bonds. The number of alkyl halides is 2. The van der Waals surface area contributed by atoms with Gasteiger partial charge in [0, 0.05) is 32.2 Å². The van der Waals surface area contributed by atoms with Gasteiger partial charge in [0.05, 0.1) is 21.7 Å². The molecule has 1 aromatic heterocycles. The van der Waals surface area contributed by atoms with Crippen LogP contribution in [0.25, 0.3) is 0 Å². The predicted molar refractivity (Wildman–Crippen MR) is 99.4 cm³/mol. The normalized spacial score (nSPS) is 15.1. The molecule has 2 heterocycles. The highest BCUT2D eigenvalue weighted by molar-refractivity contribution is 7.91. The maximum absolute atomic E-state index is 12.7. The van der Waals surface area contributed by atoms with Crippen molar-refractivity contribution in [1.82, 2.24) is 4.98 Å². The highest BCUT2D eigenvalue weighted by Gasteiger charge is 2.31. The van der Waals surface area contributed by atoms with Gasteiger partial charge in [0.15, 0.2) is 0 Å². The van der Waals surface area contributed by atoms with Gasteiger partial charge in [-0.2, -0.15) is 8.78 Å². The van der Waals surface area contributed by atoms with E-state index in [1.807, 2.05) is 11.0 Å². The van der Waals surface area contributed by atoms with Gasteiger partial charge in [-0.15, -0.1) is 0 Å². The number of nitrogens with two attached hydrogens (primary N) is 1. The van der Waals surface area contributed by atoms with E-state index in [0.717, 1.165) is 11.8 Å². The third kappa shape index (κ3) is 3.81. The van der Waals surface area contributed by atoms with Crippen molar-refractivity contribution in [1.29, 1.82) is 0 Å². The Morgan fingerprint density at radius 2 is 1.75 bits per heavy atom. The summed E-state index contributed by atoms with van der Waals surface area (Å²) in [4.78, 5) is 17.6. The molecular formula is C16H17F2N5O4S. The summed E-state index contributed by atoms with van der Waals surface area (Å²) in [5.74, 6) is -3.24. The molecule has 1 aromatic carbocycles. The molecule has 0 saturated carbocycles.